The maximum absolute atomic E-state index is 10.3. The second kappa shape index (κ2) is 3.98. The highest BCUT2D eigenvalue weighted by atomic mass is 16.3. The summed E-state index contributed by atoms with van der Waals surface area (Å²) < 4.78 is 0. The van der Waals surface area contributed by atoms with Crippen LogP contribution in [0.25, 0.3) is 0 Å². The molecule has 4 nitrogen and oxygen atoms in total. The summed E-state index contributed by atoms with van der Waals surface area (Å²) in [6.07, 6.45) is 4.11. The van der Waals surface area contributed by atoms with Crippen LogP contribution in [0.1, 0.15) is 6.42 Å². The third kappa shape index (κ3) is 2.59. The lowest BCUT2D eigenvalue weighted by Crippen LogP contribution is -2.36. The van der Waals surface area contributed by atoms with E-state index in [0.29, 0.717) is 0 Å². The van der Waals surface area contributed by atoms with Gasteiger partial charge in [0.15, 0.2) is 0 Å². The van der Waals surface area contributed by atoms with Crippen LogP contribution in [0, 0.1) is 4.91 Å². The fourth-order valence-corrected chi connectivity index (χ4v) is 0.897. The van der Waals surface area contributed by atoms with Crippen molar-refractivity contribution >= 4 is 5.91 Å². The van der Waals surface area contributed by atoms with E-state index in [4.69, 9.17) is 0 Å². The SMILES string of the molecule is O=NC(=O)/C=C/CN1CCC1. The molecule has 60 valence electrons. The number of amides is 1. The molecule has 1 aliphatic rings. The zero-order chi connectivity index (χ0) is 8.10. The highest BCUT2D eigenvalue weighted by Crippen LogP contribution is 2.03. The molecule has 1 rings (SSSR count). The van der Waals surface area contributed by atoms with Gasteiger partial charge in [-0.15, -0.1) is 4.91 Å². The van der Waals surface area contributed by atoms with Crippen molar-refractivity contribution in [3.63, 3.8) is 0 Å². The first-order chi connectivity index (χ1) is 5.33. The van der Waals surface area contributed by atoms with Gasteiger partial charge in [0, 0.05) is 17.8 Å². The van der Waals surface area contributed by atoms with Gasteiger partial charge in [-0.25, -0.2) is 0 Å². The molecule has 11 heavy (non-hydrogen) atoms. The first-order valence-corrected chi connectivity index (χ1v) is 3.59. The topological polar surface area (TPSA) is 49.7 Å². The number of nitroso groups, excluding NO2 is 1. The van der Waals surface area contributed by atoms with Crippen LogP contribution < -0.4 is 0 Å². The number of rotatable bonds is 3. The second-order valence-corrected chi connectivity index (χ2v) is 2.49. The van der Waals surface area contributed by atoms with Crippen molar-refractivity contribution in [2.75, 3.05) is 19.6 Å². The Hall–Kier alpha value is -1.03. The van der Waals surface area contributed by atoms with Crippen LogP contribution in [0.3, 0.4) is 0 Å². The molecule has 0 unspecified atom stereocenters. The molecule has 1 saturated heterocycles. The largest absolute Gasteiger partial charge is 0.309 e. The quantitative estimate of drug-likeness (QED) is 0.440. The van der Waals surface area contributed by atoms with E-state index in [9.17, 15) is 9.70 Å². The minimum absolute atomic E-state index is 0.703. The molecule has 0 aromatic heterocycles. The fourth-order valence-electron chi connectivity index (χ4n) is 0.897. The predicted molar refractivity (Wildman–Crippen MR) is 41.0 cm³/mol. The van der Waals surface area contributed by atoms with Crippen molar-refractivity contribution in [3.8, 4) is 0 Å². The first kappa shape index (κ1) is 8.07. The Labute approximate surface area is 64.8 Å². The predicted octanol–water partition coefficient (Wildman–Crippen LogP) is 0.541. The van der Waals surface area contributed by atoms with Gasteiger partial charge in [-0.3, -0.25) is 9.69 Å². The van der Waals surface area contributed by atoms with Gasteiger partial charge < -0.3 is 0 Å². The van der Waals surface area contributed by atoms with E-state index in [1.54, 1.807) is 6.08 Å². The van der Waals surface area contributed by atoms with Crippen molar-refractivity contribution in [2.24, 2.45) is 5.18 Å². The molecule has 0 radical (unpaired) electrons. The molecule has 0 bridgehead atoms. The Morgan fingerprint density at radius 2 is 2.27 bits per heavy atom. The van der Waals surface area contributed by atoms with Crippen molar-refractivity contribution < 1.29 is 4.79 Å². The molecule has 0 saturated carbocycles. The Morgan fingerprint density at radius 1 is 1.55 bits per heavy atom. The summed E-state index contributed by atoms with van der Waals surface area (Å²) in [4.78, 5) is 22.1. The number of hydrogen-bond donors (Lipinski definition) is 0. The van der Waals surface area contributed by atoms with Crippen molar-refractivity contribution in [1.29, 1.82) is 0 Å². The highest BCUT2D eigenvalue weighted by Gasteiger charge is 2.10. The summed E-state index contributed by atoms with van der Waals surface area (Å²) in [7, 11) is 0. The van der Waals surface area contributed by atoms with E-state index in [0.717, 1.165) is 19.6 Å². The molecule has 4 heteroatoms. The van der Waals surface area contributed by atoms with Gasteiger partial charge in [0.25, 0.3) is 0 Å². The monoisotopic (exact) mass is 154 g/mol. The summed E-state index contributed by atoms with van der Waals surface area (Å²) in [6.45, 7) is 2.93. The van der Waals surface area contributed by atoms with Gasteiger partial charge in [-0.1, -0.05) is 6.08 Å². The lowest BCUT2D eigenvalue weighted by molar-refractivity contribution is -0.113. The number of likely N-dealkylation sites (tertiary alicyclic amines) is 1. The molecule has 0 aromatic rings. The molecule has 1 amide bonds. The molecule has 0 N–H and O–H groups in total. The van der Waals surface area contributed by atoms with Gasteiger partial charge in [0.05, 0.1) is 0 Å². The van der Waals surface area contributed by atoms with E-state index < -0.39 is 5.91 Å². The normalized spacial score (nSPS) is 18.2. The van der Waals surface area contributed by atoms with Crippen molar-refractivity contribution in [2.45, 2.75) is 6.42 Å². The van der Waals surface area contributed by atoms with Crippen LogP contribution in [-0.2, 0) is 4.79 Å². The smallest absolute Gasteiger partial charge is 0.300 e. The molecule has 0 aromatic carbocycles. The third-order valence-corrected chi connectivity index (χ3v) is 1.66. The lowest BCUT2D eigenvalue weighted by atomic mass is 10.2. The number of carbonyl (C=O) groups excluding carboxylic acids is 1. The zero-order valence-electron chi connectivity index (χ0n) is 6.19. The van der Waals surface area contributed by atoms with Gasteiger partial charge in [-0.05, 0) is 19.5 Å². The van der Waals surface area contributed by atoms with E-state index in [1.807, 2.05) is 0 Å². The van der Waals surface area contributed by atoms with Gasteiger partial charge in [0.2, 0.25) is 0 Å². The minimum Gasteiger partial charge on any atom is -0.300 e. The molecule has 1 fully saturated rings. The standard InChI is InChI=1S/C7H10N2O2/c10-7(8-11)3-1-4-9-5-2-6-9/h1,3H,2,4-6H2/b3-1+. The molecule has 0 aliphatic carbocycles. The van der Waals surface area contributed by atoms with Gasteiger partial charge in [-0.2, -0.15) is 0 Å². The summed E-state index contributed by atoms with van der Waals surface area (Å²) in [5, 5.41) is 2.23. The van der Waals surface area contributed by atoms with Crippen LogP contribution in [0.2, 0.25) is 0 Å². The van der Waals surface area contributed by atoms with Gasteiger partial charge in [0.1, 0.15) is 0 Å². The van der Waals surface area contributed by atoms with Gasteiger partial charge >= 0.3 is 5.91 Å². The van der Waals surface area contributed by atoms with Crippen molar-refractivity contribution in [3.05, 3.63) is 17.1 Å². The maximum atomic E-state index is 10.3. The maximum Gasteiger partial charge on any atom is 0.309 e. The first-order valence-electron chi connectivity index (χ1n) is 3.59. The molecule has 1 aliphatic heterocycles. The van der Waals surface area contributed by atoms with Crippen LogP contribution in [-0.4, -0.2) is 30.4 Å². The van der Waals surface area contributed by atoms with E-state index in [1.165, 1.54) is 12.5 Å². The van der Waals surface area contributed by atoms with Crippen LogP contribution in [0.4, 0.5) is 0 Å². The molecule has 1 heterocycles. The highest BCUT2D eigenvalue weighted by molar-refractivity contribution is 5.88. The van der Waals surface area contributed by atoms with E-state index in [-0.39, 0.29) is 0 Å². The molecule has 0 atom stereocenters. The zero-order valence-corrected chi connectivity index (χ0v) is 6.19. The Balaban J connectivity index is 2.13. The van der Waals surface area contributed by atoms with Crippen molar-refractivity contribution in [1.82, 2.24) is 4.90 Å². The summed E-state index contributed by atoms with van der Waals surface area (Å²) in [6, 6.07) is 0. The lowest BCUT2D eigenvalue weighted by Gasteiger charge is -2.29. The number of carbonyl (C=O) groups is 1. The second-order valence-electron chi connectivity index (χ2n) is 2.49. The van der Waals surface area contributed by atoms with E-state index >= 15 is 0 Å². The van der Waals surface area contributed by atoms with Crippen LogP contribution in [0.5, 0.6) is 0 Å². The average molecular weight is 154 g/mol. The molecule has 0 spiro atoms. The summed E-state index contributed by atoms with van der Waals surface area (Å²) in [5.74, 6) is -0.703. The van der Waals surface area contributed by atoms with Crippen LogP contribution in [0.15, 0.2) is 17.3 Å². The summed E-state index contributed by atoms with van der Waals surface area (Å²) >= 11 is 0. The number of nitrogens with zero attached hydrogens (tertiary/aromatic N) is 2. The molecular weight excluding hydrogens is 144 g/mol. The average Bonchev–Trinajstić information content (AvgIpc) is 1.94. The fraction of sp³-hybridized carbons (Fsp3) is 0.571. The minimum atomic E-state index is -0.703. The van der Waals surface area contributed by atoms with Crippen LogP contribution >= 0.6 is 0 Å². The Bertz CT molecular complexity index is 185. The van der Waals surface area contributed by atoms with E-state index in [2.05, 4.69) is 10.1 Å². The Morgan fingerprint density at radius 3 is 2.73 bits per heavy atom. The number of hydrogen-bond acceptors (Lipinski definition) is 3. The summed E-state index contributed by atoms with van der Waals surface area (Å²) in [5.41, 5.74) is 0. The molecular formula is C7H10N2O2. The Kier molecular flexibility index (Phi) is 2.92. The third-order valence-electron chi connectivity index (χ3n) is 1.66.